The van der Waals surface area contributed by atoms with Gasteiger partial charge in [0.2, 0.25) is 0 Å². The lowest BCUT2D eigenvalue weighted by Gasteiger charge is -2.28. The molecule has 0 spiro atoms. The minimum atomic E-state index is -3.33. The molecular formula is C31H25B. The molecule has 0 radical (unpaired) electrons. The van der Waals surface area contributed by atoms with Gasteiger partial charge < -0.3 is 0 Å². The van der Waals surface area contributed by atoms with Crippen molar-refractivity contribution >= 4 is 22.9 Å². The predicted molar refractivity (Wildman–Crippen MR) is 139 cm³/mol. The number of hydrogen-bond donors (Lipinski definition) is 0. The Morgan fingerprint density at radius 3 is 1.81 bits per heavy atom. The van der Waals surface area contributed by atoms with Gasteiger partial charge in [-0.15, -0.1) is 0 Å². The van der Waals surface area contributed by atoms with Crippen molar-refractivity contribution in [2.45, 2.75) is 19.5 Å². The second kappa shape index (κ2) is 7.84. The largest absolute Gasteiger partial charge is 0.186 e. The van der Waals surface area contributed by atoms with Gasteiger partial charge in [0.1, 0.15) is 0 Å². The molecule has 1 heterocycles. The van der Waals surface area contributed by atoms with E-state index < -0.39 is 172 Å². The fourth-order valence-electron chi connectivity index (χ4n) is 3.75. The van der Waals surface area contributed by atoms with Crippen LogP contribution in [0.3, 0.4) is 0 Å². The minimum Gasteiger partial charge on any atom is -0.0640 e. The lowest BCUT2D eigenvalue weighted by atomic mass is 9.35. The Labute approximate surface area is 221 Å². The average Bonchev–Trinajstić information content (AvgIpc) is 3.10. The third-order valence-corrected chi connectivity index (χ3v) is 5.15. The van der Waals surface area contributed by atoms with Gasteiger partial charge in [-0.3, -0.25) is 0 Å². The number of aryl methyl sites for hydroxylation is 1. The third kappa shape index (κ3) is 3.17. The Morgan fingerprint density at radius 2 is 1.19 bits per heavy atom. The number of rotatable bonds is 3. The summed E-state index contributed by atoms with van der Waals surface area (Å²) >= 11 is 0. The molecule has 1 heteroatoms. The summed E-state index contributed by atoms with van der Waals surface area (Å²) in [5.41, 5.74) is -6.16. The molecule has 1 aliphatic rings. The Morgan fingerprint density at radius 1 is 0.625 bits per heavy atom. The topological polar surface area (TPSA) is 0 Å². The van der Waals surface area contributed by atoms with Gasteiger partial charge in [0.15, 0.2) is 6.71 Å². The molecule has 0 unspecified atom stereocenters. The summed E-state index contributed by atoms with van der Waals surface area (Å²) in [4.78, 5) is 0. The first-order valence-electron chi connectivity index (χ1n) is 20.6. The molecule has 0 atom stereocenters. The van der Waals surface area contributed by atoms with E-state index in [1.54, 1.807) is 0 Å². The van der Waals surface area contributed by atoms with Crippen molar-refractivity contribution in [3.63, 3.8) is 0 Å². The lowest BCUT2D eigenvalue weighted by Crippen LogP contribution is -2.40. The Bertz CT molecular complexity index is 2340. The zero-order valence-corrected chi connectivity index (χ0v) is 16.6. The zero-order chi connectivity index (χ0) is 40.7. The van der Waals surface area contributed by atoms with Gasteiger partial charge in [-0.2, -0.15) is 0 Å². The van der Waals surface area contributed by atoms with Crippen LogP contribution in [0.15, 0.2) is 109 Å². The van der Waals surface area contributed by atoms with Crippen LogP contribution in [-0.4, -0.2) is 6.71 Å². The van der Waals surface area contributed by atoms with Crippen LogP contribution in [0.4, 0.5) is 0 Å². The summed E-state index contributed by atoms with van der Waals surface area (Å²) in [5, 5.41) is -0.762. The minimum absolute atomic E-state index is 0.0939. The summed E-state index contributed by atoms with van der Waals surface area (Å²) in [5.74, 6) is 0. The second-order valence-corrected chi connectivity index (χ2v) is 7.01. The summed E-state index contributed by atoms with van der Waals surface area (Å²) in [6, 6.07) is -16.8. The van der Waals surface area contributed by atoms with Crippen molar-refractivity contribution in [2.24, 2.45) is 0 Å². The first kappa shape index (κ1) is 6.96. The van der Waals surface area contributed by atoms with Gasteiger partial charge in [-0.05, 0) is 69.2 Å². The van der Waals surface area contributed by atoms with E-state index in [1.165, 1.54) is 6.92 Å². The smallest absolute Gasteiger partial charge is 0.0640 e. The van der Waals surface area contributed by atoms with E-state index in [4.69, 9.17) is 24.7 Å². The highest BCUT2D eigenvalue weighted by Crippen LogP contribution is 2.34. The van der Waals surface area contributed by atoms with E-state index in [2.05, 4.69) is 0 Å². The van der Waals surface area contributed by atoms with Gasteiger partial charge in [-0.25, -0.2) is 0 Å². The standard InChI is InChI=1S/C31H25B/c1-22-18-19-26-21-32(20-25-14-8-15-27(22)30(25)26)31-28(23-10-4-2-5-11-23)16-9-17-29(31)24-12-6-3-7-13-24/h2-19H,20-21H2,1H3/i2D,3D,4D,5D,6D,7D,8D,9D,10D,11D,12D,13D,14D,15D,16D,17D,18D,19D,20D2,21D2. The molecular weight excluding hydrogens is 383 g/mol. The molecule has 0 fully saturated rings. The van der Waals surface area contributed by atoms with E-state index in [1.807, 2.05) is 0 Å². The molecule has 152 valence electrons. The first-order valence-corrected chi connectivity index (χ1v) is 9.62. The molecule has 0 aromatic heterocycles. The van der Waals surface area contributed by atoms with Crippen molar-refractivity contribution in [1.82, 2.24) is 0 Å². The SMILES string of the molecule is [2H]c1c([2H])c([2H])c(-c2c([2H])c([2H])c([2H])c(-c3c([2H])c([2H])c([2H])c([2H])c3[2H])c2B2C([2H])([2H])c3c([2H])c([2H])c([2H])c4c(C)c([2H])c([2H])c(c34)C2([2H])[2H])c([2H])c1[2H]. The molecule has 0 aliphatic carbocycles. The Hall–Kier alpha value is -3.58. The maximum Gasteiger partial charge on any atom is 0.186 e. The molecule has 32 heavy (non-hydrogen) atoms. The van der Waals surface area contributed by atoms with E-state index in [0.717, 1.165) is 0 Å². The van der Waals surface area contributed by atoms with Gasteiger partial charge in [0, 0.05) is 5.48 Å². The highest BCUT2D eigenvalue weighted by molar-refractivity contribution is 6.75. The number of hydrogen-bond acceptors (Lipinski definition) is 0. The molecule has 0 amide bonds. The van der Waals surface area contributed by atoms with Gasteiger partial charge in [-0.1, -0.05) is 114 Å². The van der Waals surface area contributed by atoms with Crippen LogP contribution >= 0.6 is 0 Å². The molecule has 6 rings (SSSR count). The van der Waals surface area contributed by atoms with Gasteiger partial charge in [0.25, 0.3) is 0 Å². The normalized spacial score (nSPS) is 25.7. The quantitative estimate of drug-likeness (QED) is 0.269. The summed E-state index contributed by atoms with van der Waals surface area (Å²) in [6.45, 7) is -1.30. The van der Waals surface area contributed by atoms with Crippen LogP contribution in [0.25, 0.3) is 33.0 Å². The van der Waals surface area contributed by atoms with Crippen LogP contribution in [0.2, 0.25) is 0 Å². The highest BCUT2D eigenvalue weighted by Gasteiger charge is 2.29. The lowest BCUT2D eigenvalue weighted by molar-refractivity contribution is 1.25. The maximum atomic E-state index is 9.65. The molecule has 0 N–H and O–H groups in total. The van der Waals surface area contributed by atoms with Crippen LogP contribution in [0, 0.1) is 6.92 Å². The van der Waals surface area contributed by atoms with Crippen LogP contribution in [0.1, 0.15) is 46.8 Å². The molecule has 0 saturated carbocycles. The fourth-order valence-corrected chi connectivity index (χ4v) is 3.75. The van der Waals surface area contributed by atoms with Gasteiger partial charge in [0.05, 0.1) is 24.7 Å². The average molecular weight is 430 g/mol. The Kier molecular flexibility index (Phi) is 1.70. The van der Waals surface area contributed by atoms with E-state index in [9.17, 15) is 5.48 Å². The highest BCUT2D eigenvalue weighted by atomic mass is 14.2. The van der Waals surface area contributed by atoms with E-state index in [-0.39, 0.29) is 10.9 Å². The van der Waals surface area contributed by atoms with E-state index >= 15 is 0 Å². The molecule has 1 aliphatic heterocycles. The molecule has 5 aromatic carbocycles. The van der Waals surface area contributed by atoms with Gasteiger partial charge >= 0.3 is 0 Å². The monoisotopic (exact) mass is 430 g/mol. The second-order valence-electron chi connectivity index (χ2n) is 7.01. The van der Waals surface area contributed by atoms with Crippen molar-refractivity contribution in [3.05, 3.63) is 125 Å². The van der Waals surface area contributed by atoms with Crippen molar-refractivity contribution in [1.29, 1.82) is 0 Å². The van der Waals surface area contributed by atoms with Crippen LogP contribution in [-0.2, 0) is 12.5 Å². The van der Waals surface area contributed by atoms with Crippen molar-refractivity contribution in [3.8, 4) is 22.3 Å². The zero-order valence-electron chi connectivity index (χ0n) is 38.6. The van der Waals surface area contributed by atoms with Crippen molar-refractivity contribution in [2.75, 3.05) is 0 Å². The van der Waals surface area contributed by atoms with E-state index in [0.29, 0.717) is 0 Å². The first-order chi connectivity index (χ1) is 24.8. The van der Waals surface area contributed by atoms with Crippen molar-refractivity contribution < 1.29 is 30.2 Å². The number of benzene rings is 5. The molecule has 0 nitrogen and oxygen atoms in total. The summed E-state index contributed by atoms with van der Waals surface area (Å²) in [7, 11) is 0. The summed E-state index contributed by atoms with van der Waals surface area (Å²) < 4.78 is 194. The van der Waals surface area contributed by atoms with Crippen LogP contribution in [0.5, 0.6) is 0 Å². The molecule has 0 saturated heterocycles. The molecule has 5 aromatic rings. The summed E-state index contributed by atoms with van der Waals surface area (Å²) in [6.07, 6.45) is -6.66. The fraction of sp³-hybridized carbons (Fsp3) is 0.0968. The predicted octanol–water partition coefficient (Wildman–Crippen LogP) is 7.06. The Balaban J connectivity index is 2.01. The van der Waals surface area contributed by atoms with Crippen LogP contribution < -0.4 is 5.46 Å². The third-order valence-electron chi connectivity index (χ3n) is 5.15. The maximum absolute atomic E-state index is 9.65. The molecule has 0 bridgehead atoms.